The van der Waals surface area contributed by atoms with E-state index in [1.807, 2.05) is 13.8 Å². The van der Waals surface area contributed by atoms with Gasteiger partial charge in [-0.15, -0.1) is 0 Å². The van der Waals surface area contributed by atoms with E-state index in [9.17, 15) is 18.0 Å². The van der Waals surface area contributed by atoms with Crippen molar-refractivity contribution in [2.75, 3.05) is 13.1 Å². The van der Waals surface area contributed by atoms with E-state index in [-0.39, 0.29) is 52.5 Å². The maximum atomic E-state index is 13.6. The van der Waals surface area contributed by atoms with Crippen LogP contribution < -0.4 is 0 Å². The Hall–Kier alpha value is -2.91. The minimum atomic E-state index is -4.57. The number of hydrogen-bond acceptors (Lipinski definition) is 6. The van der Waals surface area contributed by atoms with Gasteiger partial charge in [-0.2, -0.15) is 13.2 Å². The van der Waals surface area contributed by atoms with Crippen molar-refractivity contribution in [3.8, 4) is 0 Å². The quantitative estimate of drug-likeness (QED) is 0.609. The summed E-state index contributed by atoms with van der Waals surface area (Å²) in [6, 6.07) is 2.66. The highest BCUT2D eigenvalue weighted by Crippen LogP contribution is 2.38. The van der Waals surface area contributed by atoms with Gasteiger partial charge >= 0.3 is 6.18 Å². The number of hydrogen-bond donors (Lipinski definition) is 0. The summed E-state index contributed by atoms with van der Waals surface area (Å²) in [5.41, 5.74) is 0.0978. The monoisotopic (exact) mass is 422 g/mol. The number of amides is 1. The molecule has 3 aromatic heterocycles. The number of alkyl halides is 3. The Bertz CT molecular complexity index is 1090. The molecule has 1 amide bonds. The van der Waals surface area contributed by atoms with Crippen molar-refractivity contribution in [3.63, 3.8) is 0 Å². The van der Waals surface area contributed by atoms with Crippen molar-refractivity contribution in [2.24, 2.45) is 0 Å². The normalized spacial score (nSPS) is 17.8. The molecular weight excluding hydrogens is 401 g/mol. The summed E-state index contributed by atoms with van der Waals surface area (Å²) < 4.78 is 51.1. The second kappa shape index (κ2) is 7.41. The number of pyridine rings is 1. The Morgan fingerprint density at radius 2 is 2.00 bits per heavy atom. The largest absolute Gasteiger partial charge is 0.417 e. The molecule has 1 fully saturated rings. The third kappa shape index (κ3) is 3.66. The highest BCUT2D eigenvalue weighted by atomic mass is 19.4. The van der Waals surface area contributed by atoms with Crippen molar-refractivity contribution in [2.45, 2.75) is 51.6 Å². The minimum absolute atomic E-state index is 0.117. The van der Waals surface area contributed by atoms with E-state index < -0.39 is 11.7 Å². The summed E-state index contributed by atoms with van der Waals surface area (Å²) in [4.78, 5) is 18.7. The number of aryl methyl sites for hydroxylation is 1. The number of nitrogens with zero attached hydrogens (tertiary/aromatic N) is 4. The number of likely N-dealkylation sites (tertiary alicyclic amines) is 1. The molecular formula is C20H21F3N4O3. The van der Waals surface area contributed by atoms with Gasteiger partial charge in [0.2, 0.25) is 5.76 Å². The van der Waals surface area contributed by atoms with E-state index in [0.717, 1.165) is 6.07 Å². The fraction of sp³-hybridized carbons (Fsp3) is 0.500. The molecule has 0 radical (unpaired) electrons. The van der Waals surface area contributed by atoms with Gasteiger partial charge in [-0.1, -0.05) is 24.2 Å². The molecule has 4 rings (SSSR count). The molecule has 160 valence electrons. The molecule has 1 atom stereocenters. The smallest absolute Gasteiger partial charge is 0.351 e. The Labute approximate surface area is 170 Å². The molecule has 4 heterocycles. The molecule has 10 heteroatoms. The molecule has 1 saturated heterocycles. The van der Waals surface area contributed by atoms with Crippen LogP contribution in [0.1, 0.15) is 71.7 Å². The number of aromatic nitrogens is 3. The molecule has 0 N–H and O–H groups in total. The van der Waals surface area contributed by atoms with E-state index >= 15 is 0 Å². The number of rotatable bonds is 3. The topological polar surface area (TPSA) is 85.3 Å². The third-order valence-corrected chi connectivity index (χ3v) is 5.40. The zero-order valence-corrected chi connectivity index (χ0v) is 16.8. The molecule has 30 heavy (non-hydrogen) atoms. The van der Waals surface area contributed by atoms with Gasteiger partial charge in [0.15, 0.2) is 0 Å². The van der Waals surface area contributed by atoms with Crippen LogP contribution in [-0.4, -0.2) is 39.2 Å². The van der Waals surface area contributed by atoms with E-state index in [1.54, 1.807) is 11.0 Å². The lowest BCUT2D eigenvalue weighted by molar-refractivity contribution is -0.136. The lowest BCUT2D eigenvalue weighted by Gasteiger charge is -2.32. The van der Waals surface area contributed by atoms with E-state index in [2.05, 4.69) is 15.3 Å². The molecule has 0 saturated carbocycles. The van der Waals surface area contributed by atoms with Gasteiger partial charge in [0.25, 0.3) is 11.6 Å². The first-order valence-electron chi connectivity index (χ1n) is 9.75. The average Bonchev–Trinajstić information content (AvgIpc) is 3.34. The summed E-state index contributed by atoms with van der Waals surface area (Å²) >= 11 is 0. The number of piperidine rings is 1. The van der Waals surface area contributed by atoms with Crippen molar-refractivity contribution < 1.29 is 27.0 Å². The third-order valence-electron chi connectivity index (χ3n) is 5.40. The Morgan fingerprint density at radius 3 is 2.67 bits per heavy atom. The Balaban J connectivity index is 1.63. The summed E-state index contributed by atoms with van der Waals surface area (Å²) in [5, 5.41) is 7.41. The van der Waals surface area contributed by atoms with Gasteiger partial charge < -0.3 is 13.9 Å². The van der Waals surface area contributed by atoms with Gasteiger partial charge in [0.1, 0.15) is 0 Å². The molecule has 1 aliphatic rings. The fourth-order valence-electron chi connectivity index (χ4n) is 3.77. The van der Waals surface area contributed by atoms with Crippen molar-refractivity contribution in [1.29, 1.82) is 0 Å². The number of halogens is 3. The Morgan fingerprint density at radius 1 is 1.23 bits per heavy atom. The number of fused-ring (bicyclic) bond motifs is 1. The highest BCUT2D eigenvalue weighted by Gasteiger charge is 2.37. The van der Waals surface area contributed by atoms with Gasteiger partial charge in [-0.3, -0.25) is 4.79 Å². The van der Waals surface area contributed by atoms with Crippen molar-refractivity contribution >= 4 is 17.0 Å². The SMILES string of the molecule is Cc1noc2nc([C@H]3CCCN(C(=O)c4cc(C(C)C)no4)C3)cc(C(F)(F)F)c12. The second-order valence-electron chi connectivity index (χ2n) is 7.90. The van der Waals surface area contributed by atoms with Gasteiger partial charge in [0, 0.05) is 25.1 Å². The van der Waals surface area contributed by atoms with Gasteiger partial charge in [-0.05, 0) is 31.7 Å². The van der Waals surface area contributed by atoms with Crippen LogP contribution in [0.5, 0.6) is 0 Å². The van der Waals surface area contributed by atoms with Crippen LogP contribution >= 0.6 is 0 Å². The molecule has 3 aromatic rings. The summed E-state index contributed by atoms with van der Waals surface area (Å²) in [6.07, 6.45) is -3.32. The number of carbonyl (C=O) groups is 1. The van der Waals surface area contributed by atoms with Crippen LogP contribution in [-0.2, 0) is 6.18 Å². The predicted octanol–water partition coefficient (Wildman–Crippen LogP) is 4.68. The zero-order valence-electron chi connectivity index (χ0n) is 16.8. The standard InChI is InChI=1S/C20H21F3N4O3/c1-10(2)14-8-16(29-26-14)19(28)27-6-4-5-12(9-27)15-7-13(20(21,22)23)17-11(3)25-30-18(17)24-15/h7-8,10,12H,4-6,9H2,1-3H3/t12-/m0/s1. The van der Waals surface area contributed by atoms with Crippen molar-refractivity contribution in [3.05, 3.63) is 40.5 Å². The first-order chi connectivity index (χ1) is 14.1. The second-order valence-corrected chi connectivity index (χ2v) is 7.90. The Kier molecular flexibility index (Phi) is 5.03. The predicted molar refractivity (Wildman–Crippen MR) is 100 cm³/mol. The molecule has 0 bridgehead atoms. The molecule has 0 unspecified atom stereocenters. The average molecular weight is 422 g/mol. The molecule has 0 spiro atoms. The van der Waals surface area contributed by atoms with Crippen LogP contribution in [0.25, 0.3) is 11.1 Å². The van der Waals surface area contributed by atoms with Crippen molar-refractivity contribution in [1.82, 2.24) is 20.2 Å². The molecule has 7 nitrogen and oxygen atoms in total. The maximum Gasteiger partial charge on any atom is 0.417 e. The van der Waals surface area contributed by atoms with Gasteiger partial charge in [0.05, 0.1) is 28.0 Å². The van der Waals surface area contributed by atoms with Gasteiger partial charge in [-0.25, -0.2) is 4.98 Å². The zero-order chi connectivity index (χ0) is 21.6. The fourth-order valence-corrected chi connectivity index (χ4v) is 3.77. The molecule has 0 aromatic carbocycles. The minimum Gasteiger partial charge on any atom is -0.351 e. The van der Waals surface area contributed by atoms with E-state index in [4.69, 9.17) is 9.05 Å². The first-order valence-corrected chi connectivity index (χ1v) is 9.75. The molecule has 0 aliphatic carbocycles. The van der Waals surface area contributed by atoms with E-state index in [0.29, 0.717) is 25.1 Å². The van der Waals surface area contributed by atoms with Crippen LogP contribution in [0.15, 0.2) is 21.2 Å². The van der Waals surface area contributed by atoms with E-state index in [1.165, 1.54) is 6.92 Å². The van der Waals surface area contributed by atoms with Crippen LogP contribution in [0.2, 0.25) is 0 Å². The summed E-state index contributed by atoms with van der Waals surface area (Å²) in [5.74, 6) is -0.436. The summed E-state index contributed by atoms with van der Waals surface area (Å²) in [7, 11) is 0. The van der Waals surface area contributed by atoms with Crippen LogP contribution in [0, 0.1) is 6.92 Å². The van der Waals surface area contributed by atoms with Crippen LogP contribution in [0.4, 0.5) is 13.2 Å². The lowest BCUT2D eigenvalue weighted by atomic mass is 9.92. The lowest BCUT2D eigenvalue weighted by Crippen LogP contribution is -2.39. The highest BCUT2D eigenvalue weighted by molar-refractivity contribution is 5.91. The first kappa shape index (κ1) is 20.4. The molecule has 1 aliphatic heterocycles. The number of carbonyl (C=O) groups excluding carboxylic acids is 1. The van der Waals surface area contributed by atoms with Crippen LogP contribution in [0.3, 0.4) is 0 Å². The maximum absolute atomic E-state index is 13.6. The summed E-state index contributed by atoms with van der Waals surface area (Å²) in [6.45, 7) is 6.05.